The summed E-state index contributed by atoms with van der Waals surface area (Å²) in [5.41, 5.74) is 3.38. The van der Waals surface area contributed by atoms with Crippen LogP contribution >= 0.6 is 0 Å². The van der Waals surface area contributed by atoms with Crippen molar-refractivity contribution in [2.75, 3.05) is 0 Å². The van der Waals surface area contributed by atoms with Gasteiger partial charge in [0.25, 0.3) is 0 Å². The molecule has 4 aromatic rings. The quantitative estimate of drug-likeness (QED) is 0.195. The van der Waals surface area contributed by atoms with Crippen LogP contribution in [0.15, 0.2) is 103 Å². The second-order valence-electron chi connectivity index (χ2n) is 7.56. The first-order valence-electron chi connectivity index (χ1n) is 10.8. The molecule has 0 fully saturated rings. The molecule has 0 bridgehead atoms. The minimum absolute atomic E-state index is 0.0527. The lowest BCUT2D eigenvalue weighted by Crippen LogP contribution is -1.96. The van der Waals surface area contributed by atoms with Crippen molar-refractivity contribution >= 4 is 5.69 Å². The Labute approximate surface area is 193 Å². The minimum atomic E-state index is -0.445. The zero-order chi connectivity index (χ0) is 22.9. The number of nitrogens with zero attached hydrogens (tertiary/aromatic N) is 1. The zero-order valence-corrected chi connectivity index (χ0v) is 18.1. The van der Waals surface area contributed by atoms with Crippen molar-refractivity contribution in [1.82, 2.24) is 0 Å². The fourth-order valence-electron chi connectivity index (χ4n) is 3.43. The lowest BCUT2D eigenvalue weighted by molar-refractivity contribution is -0.385. The Kier molecular flexibility index (Phi) is 7.33. The lowest BCUT2D eigenvalue weighted by Gasteiger charge is -2.09. The number of hydrogen-bond donors (Lipinski definition) is 0. The van der Waals surface area contributed by atoms with E-state index in [1.54, 1.807) is 18.2 Å². The third kappa shape index (κ3) is 6.43. The highest BCUT2D eigenvalue weighted by molar-refractivity contribution is 5.48. The maximum Gasteiger partial charge on any atom is 0.311 e. The third-order valence-electron chi connectivity index (χ3n) is 5.13. The van der Waals surface area contributed by atoms with Crippen LogP contribution in [0.3, 0.4) is 0 Å². The van der Waals surface area contributed by atoms with Gasteiger partial charge in [0, 0.05) is 6.07 Å². The van der Waals surface area contributed by atoms with Gasteiger partial charge in [-0.15, -0.1) is 0 Å². The molecular formula is C28H24NO4. The molecular weight excluding hydrogens is 414 g/mol. The summed E-state index contributed by atoms with van der Waals surface area (Å²) in [5, 5.41) is 11.1. The number of aryl methyl sites for hydroxylation is 1. The van der Waals surface area contributed by atoms with Crippen molar-refractivity contribution < 1.29 is 14.4 Å². The van der Waals surface area contributed by atoms with E-state index >= 15 is 0 Å². The van der Waals surface area contributed by atoms with Crippen LogP contribution < -0.4 is 9.47 Å². The predicted molar refractivity (Wildman–Crippen MR) is 129 cm³/mol. The molecule has 5 nitrogen and oxygen atoms in total. The Morgan fingerprint density at radius 2 is 1.48 bits per heavy atom. The van der Waals surface area contributed by atoms with Gasteiger partial charge in [-0.1, -0.05) is 66.7 Å². The molecule has 0 spiro atoms. The maximum atomic E-state index is 11.1. The van der Waals surface area contributed by atoms with Gasteiger partial charge in [0.1, 0.15) is 18.1 Å². The van der Waals surface area contributed by atoms with Crippen LogP contribution in [0, 0.1) is 16.5 Å². The van der Waals surface area contributed by atoms with Crippen LogP contribution in [-0.2, 0) is 13.0 Å². The average molecular weight is 439 g/mol. The number of para-hydroxylation sites is 2. The molecule has 0 saturated carbocycles. The molecule has 4 aromatic carbocycles. The highest BCUT2D eigenvalue weighted by atomic mass is 16.6. The number of benzene rings is 4. The van der Waals surface area contributed by atoms with Gasteiger partial charge in [-0.3, -0.25) is 10.1 Å². The summed E-state index contributed by atoms with van der Waals surface area (Å²) in [7, 11) is 0. The molecule has 0 amide bonds. The van der Waals surface area contributed by atoms with E-state index in [1.165, 1.54) is 11.6 Å². The first kappa shape index (κ1) is 22.1. The van der Waals surface area contributed by atoms with Gasteiger partial charge in [-0.2, -0.15) is 0 Å². The van der Waals surface area contributed by atoms with Gasteiger partial charge in [-0.25, -0.2) is 0 Å². The molecule has 0 aliphatic carbocycles. The van der Waals surface area contributed by atoms with Gasteiger partial charge in [0.15, 0.2) is 0 Å². The standard InChI is InChI=1S/C28H24NO4/c30-29(31)27-14-4-5-15-28(27)33-25-18-16-22(17-19-25)10-6-11-23-12-7-13-26(20-23)32-21-24-8-2-1-3-9-24/h1-5,7-10,12-20H,6,11,21H2. The summed E-state index contributed by atoms with van der Waals surface area (Å²) in [6.45, 7) is 0.553. The van der Waals surface area contributed by atoms with Crippen molar-refractivity contribution in [3.63, 3.8) is 0 Å². The molecule has 0 aliphatic rings. The Hall–Kier alpha value is -4.12. The first-order chi connectivity index (χ1) is 16.2. The van der Waals surface area contributed by atoms with Crippen molar-refractivity contribution in [2.24, 2.45) is 0 Å². The fraction of sp³-hybridized carbons (Fsp3) is 0.107. The van der Waals surface area contributed by atoms with Crippen LogP contribution in [-0.4, -0.2) is 4.92 Å². The van der Waals surface area contributed by atoms with E-state index in [9.17, 15) is 10.1 Å². The van der Waals surface area contributed by atoms with Crippen LogP contribution in [0.4, 0.5) is 5.69 Å². The lowest BCUT2D eigenvalue weighted by atomic mass is 10.0. The molecule has 4 rings (SSSR count). The van der Waals surface area contributed by atoms with E-state index in [1.807, 2.05) is 54.6 Å². The molecule has 33 heavy (non-hydrogen) atoms. The van der Waals surface area contributed by atoms with Gasteiger partial charge in [-0.05, 0) is 66.3 Å². The van der Waals surface area contributed by atoms with Gasteiger partial charge < -0.3 is 9.47 Å². The number of rotatable bonds is 10. The summed E-state index contributed by atoms with van der Waals surface area (Å²) in [6.07, 6.45) is 3.94. The highest BCUT2D eigenvalue weighted by Gasteiger charge is 2.14. The summed E-state index contributed by atoms with van der Waals surface area (Å²) >= 11 is 0. The Balaban J connectivity index is 1.27. The van der Waals surface area contributed by atoms with E-state index in [-0.39, 0.29) is 11.4 Å². The molecule has 0 N–H and O–H groups in total. The number of nitro groups is 1. The topological polar surface area (TPSA) is 61.6 Å². The van der Waals surface area contributed by atoms with Crippen molar-refractivity contribution in [2.45, 2.75) is 19.4 Å². The molecule has 0 aliphatic heterocycles. The molecule has 0 heterocycles. The van der Waals surface area contributed by atoms with E-state index in [4.69, 9.17) is 9.47 Å². The molecule has 5 heteroatoms. The Bertz CT molecular complexity index is 1190. The monoisotopic (exact) mass is 438 g/mol. The van der Waals surface area contributed by atoms with Crippen molar-refractivity contribution in [3.05, 3.63) is 136 Å². The second-order valence-corrected chi connectivity index (χ2v) is 7.56. The molecule has 165 valence electrons. The van der Waals surface area contributed by atoms with Crippen LogP contribution in [0.1, 0.15) is 23.1 Å². The predicted octanol–water partition coefficient (Wildman–Crippen LogP) is 7.15. The number of nitro benzene ring substituents is 1. The smallest absolute Gasteiger partial charge is 0.311 e. The number of hydrogen-bond acceptors (Lipinski definition) is 4. The SMILES string of the molecule is O=[N+]([O-])c1ccccc1Oc1ccc([CH]CCc2cccc(OCc3ccccc3)c2)cc1. The van der Waals surface area contributed by atoms with Gasteiger partial charge in [0.05, 0.1) is 4.92 Å². The summed E-state index contributed by atoms with van der Waals surface area (Å²) in [6, 6.07) is 32.2. The van der Waals surface area contributed by atoms with Crippen molar-refractivity contribution in [1.29, 1.82) is 0 Å². The van der Waals surface area contributed by atoms with Gasteiger partial charge in [0.2, 0.25) is 5.75 Å². The van der Waals surface area contributed by atoms with E-state index in [0.29, 0.717) is 12.4 Å². The van der Waals surface area contributed by atoms with Crippen LogP contribution in [0.2, 0.25) is 0 Å². The van der Waals surface area contributed by atoms with Crippen LogP contribution in [0.5, 0.6) is 17.2 Å². The van der Waals surface area contributed by atoms with E-state index in [2.05, 4.69) is 30.7 Å². The Morgan fingerprint density at radius 3 is 2.27 bits per heavy atom. The first-order valence-corrected chi connectivity index (χ1v) is 10.8. The largest absolute Gasteiger partial charge is 0.489 e. The molecule has 0 atom stereocenters. The zero-order valence-electron chi connectivity index (χ0n) is 18.1. The fourth-order valence-corrected chi connectivity index (χ4v) is 3.43. The highest BCUT2D eigenvalue weighted by Crippen LogP contribution is 2.31. The van der Waals surface area contributed by atoms with Crippen molar-refractivity contribution in [3.8, 4) is 17.2 Å². The van der Waals surface area contributed by atoms with Crippen LogP contribution in [0.25, 0.3) is 0 Å². The van der Waals surface area contributed by atoms with E-state index in [0.717, 1.165) is 29.7 Å². The minimum Gasteiger partial charge on any atom is -0.489 e. The Morgan fingerprint density at radius 1 is 0.758 bits per heavy atom. The number of ether oxygens (including phenoxy) is 2. The van der Waals surface area contributed by atoms with E-state index < -0.39 is 4.92 Å². The molecule has 0 saturated heterocycles. The summed E-state index contributed by atoms with van der Waals surface area (Å²) < 4.78 is 11.6. The van der Waals surface area contributed by atoms with Gasteiger partial charge >= 0.3 is 5.69 Å². The molecule has 0 aromatic heterocycles. The third-order valence-corrected chi connectivity index (χ3v) is 5.13. The normalized spacial score (nSPS) is 10.5. The molecule has 0 unspecified atom stereocenters. The second kappa shape index (κ2) is 11.0. The maximum absolute atomic E-state index is 11.1. The summed E-state index contributed by atoms with van der Waals surface area (Å²) in [4.78, 5) is 10.7. The summed E-state index contributed by atoms with van der Waals surface area (Å²) in [5.74, 6) is 1.66. The molecule has 1 radical (unpaired) electrons. The average Bonchev–Trinajstić information content (AvgIpc) is 2.85.